The largest absolute Gasteiger partial charge is 0.350 e. The summed E-state index contributed by atoms with van der Waals surface area (Å²) >= 11 is 0. The van der Waals surface area contributed by atoms with Crippen molar-refractivity contribution >= 4 is 11.7 Å². The van der Waals surface area contributed by atoms with E-state index in [0.717, 1.165) is 18.5 Å². The molecule has 2 atom stereocenters. The number of amides is 1. The summed E-state index contributed by atoms with van der Waals surface area (Å²) in [5.74, 6) is 0.250. The smallest absolute Gasteiger partial charge is 0.227 e. The molecule has 0 radical (unpaired) electrons. The lowest BCUT2D eigenvalue weighted by atomic mass is 9.64. The minimum absolute atomic E-state index is 0.00716. The molecule has 1 amide bonds. The number of rotatable bonds is 3. The molecule has 2 unspecified atom stereocenters. The third-order valence-corrected chi connectivity index (χ3v) is 6.30. The van der Waals surface area contributed by atoms with Crippen LogP contribution in [0, 0.1) is 16.2 Å². The van der Waals surface area contributed by atoms with E-state index in [0.29, 0.717) is 13.0 Å². The fraction of sp³-hybridized carbons (Fsp3) is 0.588. The molecule has 2 saturated carbocycles. The van der Waals surface area contributed by atoms with Crippen molar-refractivity contribution in [2.45, 2.75) is 46.6 Å². The Hall–Kier alpha value is -1.71. The zero-order chi connectivity index (χ0) is 15.3. The highest BCUT2D eigenvalue weighted by molar-refractivity contribution is 5.99. The number of aromatic nitrogens is 1. The number of fused-ring (bicyclic) bond motifs is 2. The summed E-state index contributed by atoms with van der Waals surface area (Å²) in [6.45, 7) is 6.59. The van der Waals surface area contributed by atoms with Crippen molar-refractivity contribution in [2.75, 3.05) is 0 Å². The standard InChI is InChI=1S/C17H22N2O2/c1-15(2)16(3)7-8-17(15,10-13(16)20)14(21)19-11-12-6-4-5-9-18-12/h4-6,9H,7-8,10-11H2,1-3H3,(H,19,21). The van der Waals surface area contributed by atoms with E-state index < -0.39 is 5.41 Å². The summed E-state index contributed by atoms with van der Waals surface area (Å²) in [6, 6.07) is 5.65. The number of nitrogens with one attached hydrogen (secondary N) is 1. The quantitative estimate of drug-likeness (QED) is 0.928. The van der Waals surface area contributed by atoms with Gasteiger partial charge in [0.1, 0.15) is 5.78 Å². The Labute approximate surface area is 125 Å². The lowest BCUT2D eigenvalue weighted by molar-refractivity contribution is -0.136. The first-order valence-corrected chi connectivity index (χ1v) is 7.55. The van der Waals surface area contributed by atoms with Crippen molar-refractivity contribution in [2.24, 2.45) is 16.2 Å². The van der Waals surface area contributed by atoms with Gasteiger partial charge in [0, 0.05) is 18.0 Å². The van der Waals surface area contributed by atoms with E-state index in [9.17, 15) is 9.59 Å². The summed E-state index contributed by atoms with van der Waals surface area (Å²) in [5.41, 5.74) is -0.348. The van der Waals surface area contributed by atoms with Crippen LogP contribution >= 0.6 is 0 Å². The molecule has 2 aliphatic carbocycles. The van der Waals surface area contributed by atoms with Gasteiger partial charge in [0.2, 0.25) is 5.91 Å². The zero-order valence-electron chi connectivity index (χ0n) is 12.9. The van der Waals surface area contributed by atoms with E-state index in [2.05, 4.69) is 24.1 Å². The summed E-state index contributed by atoms with van der Waals surface area (Å²) in [7, 11) is 0. The number of ketones is 1. The molecule has 1 aromatic heterocycles. The fourth-order valence-electron chi connectivity index (χ4n) is 4.20. The van der Waals surface area contributed by atoms with E-state index in [1.807, 2.05) is 25.1 Å². The van der Waals surface area contributed by atoms with Crippen molar-refractivity contribution in [1.82, 2.24) is 10.3 Å². The van der Waals surface area contributed by atoms with E-state index in [1.54, 1.807) is 6.20 Å². The summed E-state index contributed by atoms with van der Waals surface area (Å²) in [6.07, 6.45) is 3.71. The minimum Gasteiger partial charge on any atom is -0.350 e. The van der Waals surface area contributed by atoms with E-state index >= 15 is 0 Å². The molecule has 1 heterocycles. The lowest BCUT2D eigenvalue weighted by Crippen LogP contribution is -2.46. The lowest BCUT2D eigenvalue weighted by Gasteiger charge is -2.38. The molecule has 4 nitrogen and oxygen atoms in total. The highest BCUT2D eigenvalue weighted by Gasteiger charge is 2.72. The molecule has 112 valence electrons. The maximum atomic E-state index is 12.8. The van der Waals surface area contributed by atoms with E-state index in [1.165, 1.54) is 0 Å². The van der Waals surface area contributed by atoms with Crippen LogP contribution in [-0.2, 0) is 16.1 Å². The number of hydrogen-bond donors (Lipinski definition) is 1. The van der Waals surface area contributed by atoms with Crippen molar-refractivity contribution in [3.8, 4) is 0 Å². The molecule has 2 bridgehead atoms. The second-order valence-corrected chi connectivity index (χ2v) is 7.14. The average Bonchev–Trinajstić information content (AvgIpc) is 2.76. The van der Waals surface area contributed by atoms with Gasteiger partial charge in [-0.05, 0) is 30.4 Å². The van der Waals surface area contributed by atoms with Crippen LogP contribution < -0.4 is 5.32 Å². The summed E-state index contributed by atoms with van der Waals surface area (Å²) in [5, 5.41) is 3.00. The molecule has 21 heavy (non-hydrogen) atoms. The van der Waals surface area contributed by atoms with Gasteiger partial charge in [-0.3, -0.25) is 14.6 Å². The Morgan fingerprint density at radius 2 is 2.05 bits per heavy atom. The molecule has 0 spiro atoms. The van der Waals surface area contributed by atoms with Gasteiger partial charge < -0.3 is 5.32 Å². The van der Waals surface area contributed by atoms with Gasteiger partial charge in [0.25, 0.3) is 0 Å². The normalized spacial score (nSPS) is 33.2. The molecule has 1 aromatic rings. The SMILES string of the molecule is CC12CCC(C(=O)NCc3ccccn3)(CC1=O)C2(C)C. The Bertz CT molecular complexity index is 596. The van der Waals surface area contributed by atoms with Crippen molar-refractivity contribution < 1.29 is 9.59 Å². The number of nitrogens with zero attached hydrogens (tertiary/aromatic N) is 1. The molecule has 1 N–H and O–H groups in total. The molecule has 3 rings (SSSR count). The van der Waals surface area contributed by atoms with Gasteiger partial charge in [-0.1, -0.05) is 26.8 Å². The van der Waals surface area contributed by atoms with Crippen molar-refractivity contribution in [3.63, 3.8) is 0 Å². The topological polar surface area (TPSA) is 59.1 Å². The Balaban J connectivity index is 1.80. The van der Waals surface area contributed by atoms with Crippen LogP contribution in [0.1, 0.15) is 45.7 Å². The van der Waals surface area contributed by atoms with Crippen LogP contribution in [-0.4, -0.2) is 16.7 Å². The monoisotopic (exact) mass is 286 g/mol. The third kappa shape index (κ3) is 1.71. The van der Waals surface area contributed by atoms with Gasteiger partial charge >= 0.3 is 0 Å². The molecule has 4 heteroatoms. The first kappa shape index (κ1) is 14.2. The van der Waals surface area contributed by atoms with Gasteiger partial charge in [-0.15, -0.1) is 0 Å². The minimum atomic E-state index is -0.548. The van der Waals surface area contributed by atoms with Gasteiger partial charge in [0.15, 0.2) is 0 Å². The highest BCUT2D eigenvalue weighted by atomic mass is 16.2. The van der Waals surface area contributed by atoms with Crippen LogP contribution in [0.5, 0.6) is 0 Å². The fourth-order valence-corrected chi connectivity index (χ4v) is 4.20. The van der Waals surface area contributed by atoms with E-state index in [-0.39, 0.29) is 22.5 Å². The highest BCUT2D eigenvalue weighted by Crippen LogP contribution is 2.70. The third-order valence-electron chi connectivity index (χ3n) is 6.30. The Morgan fingerprint density at radius 3 is 2.57 bits per heavy atom. The summed E-state index contributed by atoms with van der Waals surface area (Å²) in [4.78, 5) is 29.4. The number of carbonyl (C=O) groups is 2. The van der Waals surface area contributed by atoms with Crippen molar-refractivity contribution in [3.05, 3.63) is 30.1 Å². The molecule has 0 aromatic carbocycles. The molecule has 2 aliphatic rings. The summed E-state index contributed by atoms with van der Waals surface area (Å²) < 4.78 is 0. The zero-order valence-corrected chi connectivity index (χ0v) is 12.9. The predicted molar refractivity (Wildman–Crippen MR) is 79.3 cm³/mol. The van der Waals surface area contributed by atoms with E-state index in [4.69, 9.17) is 0 Å². The maximum Gasteiger partial charge on any atom is 0.227 e. The van der Waals surface area contributed by atoms with Gasteiger partial charge in [0.05, 0.1) is 17.7 Å². The molecule has 2 fully saturated rings. The van der Waals surface area contributed by atoms with Crippen LogP contribution in [0.15, 0.2) is 24.4 Å². The molecular weight excluding hydrogens is 264 g/mol. The second kappa shape index (κ2) is 4.39. The Morgan fingerprint density at radius 1 is 1.29 bits per heavy atom. The molecular formula is C17H22N2O2. The second-order valence-electron chi connectivity index (χ2n) is 7.14. The average molecular weight is 286 g/mol. The Kier molecular flexibility index (Phi) is 2.98. The number of Topliss-reactive ketones (excluding diaryl/α,β-unsaturated/α-hetero) is 1. The molecule has 0 aliphatic heterocycles. The van der Waals surface area contributed by atoms with Crippen molar-refractivity contribution in [1.29, 1.82) is 0 Å². The first-order chi connectivity index (χ1) is 9.83. The number of pyridine rings is 1. The van der Waals surface area contributed by atoms with Gasteiger partial charge in [-0.2, -0.15) is 0 Å². The number of carbonyl (C=O) groups excluding carboxylic acids is 2. The van der Waals surface area contributed by atoms with Gasteiger partial charge in [-0.25, -0.2) is 0 Å². The van der Waals surface area contributed by atoms with Crippen LogP contribution in [0.3, 0.4) is 0 Å². The molecule has 0 saturated heterocycles. The van der Waals surface area contributed by atoms with Crippen LogP contribution in [0.25, 0.3) is 0 Å². The first-order valence-electron chi connectivity index (χ1n) is 7.55. The van der Waals surface area contributed by atoms with Crippen LogP contribution in [0.2, 0.25) is 0 Å². The predicted octanol–water partition coefficient (Wildman–Crippen LogP) is 2.48. The maximum absolute atomic E-state index is 12.8. The van der Waals surface area contributed by atoms with Crippen LogP contribution in [0.4, 0.5) is 0 Å². The number of hydrogen-bond acceptors (Lipinski definition) is 3.